The van der Waals surface area contributed by atoms with Gasteiger partial charge in [-0.2, -0.15) is 0 Å². The molecule has 1 aromatic rings. The van der Waals surface area contributed by atoms with E-state index >= 15 is 0 Å². The molecule has 0 aliphatic rings. The third-order valence-electron chi connectivity index (χ3n) is 6.74. The number of rotatable bonds is 16. The molecule has 2 N–H and O–H groups in total. The normalized spacial score (nSPS) is 13.4. The quantitative estimate of drug-likeness (QED) is 0.220. The van der Waals surface area contributed by atoms with Gasteiger partial charge in [0.1, 0.15) is 12.1 Å². The van der Waals surface area contributed by atoms with Gasteiger partial charge in [0, 0.05) is 13.0 Å². The molecule has 1 rings (SSSR count). The van der Waals surface area contributed by atoms with E-state index in [0.717, 1.165) is 12.8 Å². The molecule has 38 heavy (non-hydrogen) atoms. The van der Waals surface area contributed by atoms with Crippen LogP contribution in [0, 0.1) is 10.8 Å². The van der Waals surface area contributed by atoms with Crippen molar-refractivity contribution in [1.29, 1.82) is 0 Å². The molecule has 2 atom stereocenters. The Bertz CT molecular complexity index is 969. The second-order valence-corrected chi connectivity index (χ2v) is 10.9. The molecule has 0 spiro atoms. The van der Waals surface area contributed by atoms with Crippen LogP contribution in [0.3, 0.4) is 0 Å². The van der Waals surface area contributed by atoms with Gasteiger partial charge < -0.3 is 24.6 Å². The van der Waals surface area contributed by atoms with Crippen LogP contribution in [0.4, 0.5) is 0 Å². The van der Waals surface area contributed by atoms with Crippen molar-refractivity contribution in [3.05, 3.63) is 23.8 Å². The fraction of sp³-hybridized carbons (Fsp3) is 0.655. The largest absolute Gasteiger partial charge is 0.480 e. The standard InChI is InChI=1S/C29H45NO8/c1-9-12-13-24(31)36-19(4)18-30-21(25(32)33)16-20-14-15-22(37-26(34)28(5,6)10-2)23(17-20)38-27(35)29(7,8)11-3/h14-15,17,19,21,30H,9-13,16,18H2,1-8H3,(H,32,33)/t19?,21-/m0/s1. The van der Waals surface area contributed by atoms with Crippen LogP contribution in [0.5, 0.6) is 11.5 Å². The van der Waals surface area contributed by atoms with Crippen molar-refractivity contribution in [3.8, 4) is 11.5 Å². The Hall–Kier alpha value is -2.94. The SMILES string of the molecule is CCCCC(=O)OC(C)CN[C@@H](Cc1ccc(OC(=O)C(C)(C)CC)c(OC(=O)C(C)(C)CC)c1)C(=O)O. The highest BCUT2D eigenvalue weighted by Crippen LogP contribution is 2.34. The number of unbranched alkanes of at least 4 members (excludes halogenated alkanes) is 1. The van der Waals surface area contributed by atoms with Crippen LogP contribution in [0.25, 0.3) is 0 Å². The predicted molar refractivity (Wildman–Crippen MR) is 144 cm³/mol. The first kappa shape index (κ1) is 33.1. The number of hydrogen-bond donors (Lipinski definition) is 2. The summed E-state index contributed by atoms with van der Waals surface area (Å²) in [5, 5.41) is 12.7. The van der Waals surface area contributed by atoms with Crippen molar-refractivity contribution in [2.45, 2.75) is 106 Å². The second kappa shape index (κ2) is 14.9. The molecule has 0 bridgehead atoms. The number of carbonyl (C=O) groups is 4. The van der Waals surface area contributed by atoms with E-state index in [1.54, 1.807) is 40.7 Å². The number of nitrogens with one attached hydrogen (secondary N) is 1. The molecule has 1 unspecified atom stereocenters. The lowest BCUT2D eigenvalue weighted by Crippen LogP contribution is -2.42. The Morgan fingerprint density at radius 3 is 1.97 bits per heavy atom. The summed E-state index contributed by atoms with van der Waals surface area (Å²) in [6, 6.07) is 3.68. The lowest BCUT2D eigenvalue weighted by molar-refractivity contribution is -0.148. The van der Waals surface area contributed by atoms with Gasteiger partial charge in [0.05, 0.1) is 10.8 Å². The highest BCUT2D eigenvalue weighted by atomic mass is 16.6. The van der Waals surface area contributed by atoms with Crippen LogP contribution in [-0.4, -0.2) is 47.7 Å². The Morgan fingerprint density at radius 1 is 0.921 bits per heavy atom. The number of carboxylic acid groups (broad SMARTS) is 1. The van der Waals surface area contributed by atoms with Crippen LogP contribution in [0.1, 0.15) is 93.1 Å². The van der Waals surface area contributed by atoms with Gasteiger partial charge >= 0.3 is 23.9 Å². The van der Waals surface area contributed by atoms with E-state index < -0.39 is 40.9 Å². The third kappa shape index (κ3) is 10.4. The van der Waals surface area contributed by atoms with E-state index in [4.69, 9.17) is 14.2 Å². The minimum Gasteiger partial charge on any atom is -0.480 e. The third-order valence-corrected chi connectivity index (χ3v) is 6.74. The van der Waals surface area contributed by atoms with Crippen LogP contribution in [0.15, 0.2) is 18.2 Å². The minimum atomic E-state index is -1.08. The molecule has 9 heteroatoms. The second-order valence-electron chi connectivity index (χ2n) is 10.9. The van der Waals surface area contributed by atoms with Gasteiger partial charge in [-0.1, -0.05) is 33.3 Å². The fourth-order valence-corrected chi connectivity index (χ4v) is 3.05. The zero-order valence-electron chi connectivity index (χ0n) is 24.1. The van der Waals surface area contributed by atoms with Crippen LogP contribution < -0.4 is 14.8 Å². The van der Waals surface area contributed by atoms with Crippen LogP contribution in [-0.2, 0) is 30.3 Å². The molecule has 0 saturated carbocycles. The molecular weight excluding hydrogens is 490 g/mol. The number of benzene rings is 1. The molecule has 0 aromatic heterocycles. The summed E-state index contributed by atoms with van der Waals surface area (Å²) in [5.74, 6) is -2.21. The zero-order chi connectivity index (χ0) is 29.1. The number of carboxylic acids is 1. The Balaban J connectivity index is 3.12. The zero-order valence-corrected chi connectivity index (χ0v) is 24.1. The first-order valence-electron chi connectivity index (χ1n) is 13.4. The lowest BCUT2D eigenvalue weighted by atomic mass is 9.90. The number of aliphatic carboxylic acids is 1. The van der Waals surface area contributed by atoms with Gasteiger partial charge in [-0.25, -0.2) is 0 Å². The number of hydrogen-bond acceptors (Lipinski definition) is 8. The van der Waals surface area contributed by atoms with E-state index in [9.17, 15) is 24.3 Å². The monoisotopic (exact) mass is 535 g/mol. The predicted octanol–water partition coefficient (Wildman–Crippen LogP) is 5.08. The highest BCUT2D eigenvalue weighted by Gasteiger charge is 2.31. The van der Waals surface area contributed by atoms with Crippen molar-refractivity contribution in [1.82, 2.24) is 5.32 Å². The molecule has 0 aliphatic carbocycles. The number of esters is 3. The van der Waals surface area contributed by atoms with Gasteiger partial charge in [0.15, 0.2) is 11.5 Å². The van der Waals surface area contributed by atoms with Gasteiger partial charge in [0.25, 0.3) is 0 Å². The summed E-state index contributed by atoms with van der Waals surface area (Å²) >= 11 is 0. The maximum absolute atomic E-state index is 12.8. The molecule has 0 radical (unpaired) electrons. The van der Waals surface area contributed by atoms with E-state index in [1.807, 2.05) is 20.8 Å². The Kier molecular flexibility index (Phi) is 12.9. The lowest BCUT2D eigenvalue weighted by Gasteiger charge is -2.24. The van der Waals surface area contributed by atoms with E-state index in [0.29, 0.717) is 24.8 Å². The highest BCUT2D eigenvalue weighted by molar-refractivity contribution is 5.81. The molecule has 0 aliphatic heterocycles. The van der Waals surface area contributed by atoms with Gasteiger partial charge in [0.2, 0.25) is 0 Å². The van der Waals surface area contributed by atoms with E-state index in [-0.39, 0.29) is 30.4 Å². The summed E-state index contributed by atoms with van der Waals surface area (Å²) in [7, 11) is 0. The molecule has 9 nitrogen and oxygen atoms in total. The molecule has 1 aromatic carbocycles. The van der Waals surface area contributed by atoms with Crippen molar-refractivity contribution in [2.75, 3.05) is 6.54 Å². The Labute approximate surface area is 226 Å². The molecule has 0 heterocycles. The first-order valence-corrected chi connectivity index (χ1v) is 13.4. The van der Waals surface area contributed by atoms with Gasteiger partial charge in [-0.15, -0.1) is 0 Å². The smallest absolute Gasteiger partial charge is 0.321 e. The maximum atomic E-state index is 12.8. The summed E-state index contributed by atoms with van der Waals surface area (Å²) < 4.78 is 16.6. The Morgan fingerprint density at radius 2 is 1.47 bits per heavy atom. The number of ether oxygens (including phenoxy) is 3. The van der Waals surface area contributed by atoms with Crippen molar-refractivity contribution in [3.63, 3.8) is 0 Å². The molecule has 214 valence electrons. The van der Waals surface area contributed by atoms with Crippen molar-refractivity contribution >= 4 is 23.9 Å². The summed E-state index contributed by atoms with van der Waals surface area (Å²) in [5.41, 5.74) is -0.947. The summed E-state index contributed by atoms with van der Waals surface area (Å²) in [4.78, 5) is 49.3. The van der Waals surface area contributed by atoms with Crippen molar-refractivity contribution in [2.24, 2.45) is 10.8 Å². The number of carbonyl (C=O) groups excluding carboxylic acids is 3. The molecular formula is C29H45NO8. The average molecular weight is 536 g/mol. The molecule has 0 fully saturated rings. The first-order chi connectivity index (χ1) is 17.7. The maximum Gasteiger partial charge on any atom is 0.321 e. The van der Waals surface area contributed by atoms with Gasteiger partial charge in [-0.05, 0) is 78.0 Å². The van der Waals surface area contributed by atoms with Gasteiger partial charge in [-0.3, -0.25) is 19.2 Å². The average Bonchev–Trinajstić information content (AvgIpc) is 2.86. The fourth-order valence-electron chi connectivity index (χ4n) is 3.05. The van der Waals surface area contributed by atoms with E-state index in [2.05, 4.69) is 5.32 Å². The van der Waals surface area contributed by atoms with Crippen LogP contribution in [0.2, 0.25) is 0 Å². The minimum absolute atomic E-state index is 0.0524. The van der Waals surface area contributed by atoms with Crippen LogP contribution >= 0.6 is 0 Å². The molecule has 0 amide bonds. The summed E-state index contributed by atoms with van der Waals surface area (Å²) in [6.45, 7) is 14.6. The molecule has 0 saturated heterocycles. The topological polar surface area (TPSA) is 128 Å². The van der Waals surface area contributed by atoms with Crippen molar-refractivity contribution < 1.29 is 38.5 Å². The summed E-state index contributed by atoms with van der Waals surface area (Å²) in [6.07, 6.45) is 2.59. The van der Waals surface area contributed by atoms with E-state index in [1.165, 1.54) is 12.1 Å².